The van der Waals surface area contributed by atoms with E-state index in [1.165, 1.54) is 6.92 Å². The van der Waals surface area contributed by atoms with Crippen LogP contribution in [-0.4, -0.2) is 5.97 Å². The molecule has 4 heteroatoms. The Kier molecular flexibility index (Phi) is 3.98. The van der Waals surface area contributed by atoms with Crippen LogP contribution in [0.3, 0.4) is 0 Å². The van der Waals surface area contributed by atoms with Crippen molar-refractivity contribution in [1.82, 2.24) is 0 Å². The van der Waals surface area contributed by atoms with Crippen molar-refractivity contribution in [3.63, 3.8) is 0 Å². The molecule has 0 aromatic heterocycles. The number of carbonyl (C=O) groups excluding carboxylic acids is 1. The van der Waals surface area contributed by atoms with Crippen LogP contribution in [0.15, 0.2) is 40.4 Å². The molecule has 1 aromatic rings. The van der Waals surface area contributed by atoms with Crippen molar-refractivity contribution in [2.75, 3.05) is 0 Å². The fourth-order valence-corrected chi connectivity index (χ4v) is 0.897. The Morgan fingerprint density at radius 1 is 1.21 bits per heavy atom. The second kappa shape index (κ2) is 5.03. The summed E-state index contributed by atoms with van der Waals surface area (Å²) in [5.41, 5.74) is 0. The smallest absolute Gasteiger partial charge is 0.356 e. The molecular weight excluding hydrogens is 223 g/mol. The summed E-state index contributed by atoms with van der Waals surface area (Å²) in [6.07, 6.45) is 0. The van der Waals surface area contributed by atoms with Crippen molar-refractivity contribution in [1.29, 1.82) is 0 Å². The largest absolute Gasteiger partial charge is 0.422 e. The lowest BCUT2D eigenvalue weighted by atomic mass is 10.3. The SMILES string of the molecule is CC(Cl)=C(Cl)C(=O)Oc1ccccc1. The van der Waals surface area contributed by atoms with Crippen LogP contribution in [0, 0.1) is 0 Å². The van der Waals surface area contributed by atoms with Gasteiger partial charge >= 0.3 is 5.97 Å². The maximum absolute atomic E-state index is 11.3. The van der Waals surface area contributed by atoms with Crippen LogP contribution in [0.2, 0.25) is 0 Å². The molecule has 0 heterocycles. The van der Waals surface area contributed by atoms with Crippen LogP contribution in [0.25, 0.3) is 0 Å². The van der Waals surface area contributed by atoms with Crippen LogP contribution >= 0.6 is 23.2 Å². The minimum absolute atomic E-state index is 0.101. The van der Waals surface area contributed by atoms with Gasteiger partial charge in [-0.05, 0) is 19.1 Å². The standard InChI is InChI=1S/C10H8Cl2O2/c1-7(11)9(12)10(13)14-8-5-3-2-4-6-8/h2-6H,1H3. The van der Waals surface area contributed by atoms with Gasteiger partial charge in [-0.1, -0.05) is 41.4 Å². The molecule has 0 bridgehead atoms. The Hall–Kier alpha value is -0.990. The molecule has 0 saturated heterocycles. The zero-order valence-electron chi connectivity index (χ0n) is 7.46. The fraction of sp³-hybridized carbons (Fsp3) is 0.100. The lowest BCUT2D eigenvalue weighted by Gasteiger charge is -2.02. The molecule has 1 aromatic carbocycles. The number of hydrogen-bond donors (Lipinski definition) is 0. The highest BCUT2D eigenvalue weighted by molar-refractivity contribution is 6.47. The van der Waals surface area contributed by atoms with Gasteiger partial charge in [0, 0.05) is 5.03 Å². The molecule has 2 nitrogen and oxygen atoms in total. The number of hydrogen-bond acceptors (Lipinski definition) is 2. The van der Waals surface area contributed by atoms with Gasteiger partial charge in [0.15, 0.2) is 0 Å². The Balaban J connectivity index is 2.72. The van der Waals surface area contributed by atoms with Gasteiger partial charge in [0.05, 0.1) is 0 Å². The molecule has 0 N–H and O–H groups in total. The van der Waals surface area contributed by atoms with Crippen molar-refractivity contribution in [2.24, 2.45) is 0 Å². The van der Waals surface area contributed by atoms with Crippen LogP contribution < -0.4 is 4.74 Å². The first-order valence-corrected chi connectivity index (χ1v) is 4.66. The minimum Gasteiger partial charge on any atom is -0.422 e. The molecule has 0 amide bonds. The molecule has 0 saturated carbocycles. The third-order valence-electron chi connectivity index (χ3n) is 1.44. The van der Waals surface area contributed by atoms with Crippen LogP contribution in [0.4, 0.5) is 0 Å². The first kappa shape index (κ1) is 11.1. The van der Waals surface area contributed by atoms with Gasteiger partial charge in [0.1, 0.15) is 10.8 Å². The number of para-hydroxylation sites is 1. The van der Waals surface area contributed by atoms with E-state index in [1.807, 2.05) is 6.07 Å². The van der Waals surface area contributed by atoms with E-state index in [1.54, 1.807) is 24.3 Å². The van der Waals surface area contributed by atoms with Gasteiger partial charge in [-0.25, -0.2) is 4.79 Å². The van der Waals surface area contributed by atoms with E-state index < -0.39 is 5.97 Å². The Morgan fingerprint density at radius 2 is 1.79 bits per heavy atom. The van der Waals surface area contributed by atoms with E-state index in [9.17, 15) is 4.79 Å². The highest BCUT2D eigenvalue weighted by atomic mass is 35.5. The zero-order valence-corrected chi connectivity index (χ0v) is 8.97. The normalized spacial score (nSPS) is 11.9. The number of allylic oxidation sites excluding steroid dienone is 1. The Bertz CT molecular complexity index is 354. The molecule has 0 atom stereocenters. The molecule has 0 radical (unpaired) electrons. The number of benzene rings is 1. The predicted molar refractivity (Wildman–Crippen MR) is 56.5 cm³/mol. The van der Waals surface area contributed by atoms with Crippen LogP contribution in [-0.2, 0) is 4.79 Å². The second-order valence-electron chi connectivity index (χ2n) is 2.55. The quantitative estimate of drug-likeness (QED) is 0.443. The first-order valence-electron chi connectivity index (χ1n) is 3.90. The highest BCUT2D eigenvalue weighted by Crippen LogP contribution is 2.17. The molecule has 1 rings (SSSR count). The molecule has 0 fully saturated rings. The van der Waals surface area contributed by atoms with E-state index in [4.69, 9.17) is 27.9 Å². The maximum atomic E-state index is 11.3. The summed E-state index contributed by atoms with van der Waals surface area (Å²) in [6, 6.07) is 8.65. The van der Waals surface area contributed by atoms with E-state index in [0.717, 1.165) is 0 Å². The Labute approximate surface area is 92.1 Å². The van der Waals surface area contributed by atoms with Gasteiger partial charge in [-0.2, -0.15) is 0 Å². The fourth-order valence-electron chi connectivity index (χ4n) is 0.781. The lowest BCUT2D eigenvalue weighted by molar-refractivity contribution is -0.129. The summed E-state index contributed by atoms with van der Waals surface area (Å²) < 4.78 is 4.92. The van der Waals surface area contributed by atoms with Gasteiger partial charge in [-0.15, -0.1) is 0 Å². The summed E-state index contributed by atoms with van der Waals surface area (Å²) >= 11 is 11.1. The van der Waals surface area contributed by atoms with Crippen LogP contribution in [0.1, 0.15) is 6.92 Å². The minimum atomic E-state index is -0.648. The average Bonchev–Trinajstić information content (AvgIpc) is 2.18. The van der Waals surface area contributed by atoms with Gasteiger partial charge in [0.2, 0.25) is 0 Å². The van der Waals surface area contributed by atoms with E-state index in [-0.39, 0.29) is 10.1 Å². The van der Waals surface area contributed by atoms with Crippen molar-refractivity contribution in [3.8, 4) is 5.75 Å². The molecule has 0 unspecified atom stereocenters. The van der Waals surface area contributed by atoms with Crippen molar-refractivity contribution in [2.45, 2.75) is 6.92 Å². The van der Waals surface area contributed by atoms with E-state index >= 15 is 0 Å². The van der Waals surface area contributed by atoms with Gasteiger partial charge < -0.3 is 4.74 Å². The maximum Gasteiger partial charge on any atom is 0.356 e. The van der Waals surface area contributed by atoms with E-state index in [2.05, 4.69) is 0 Å². The zero-order chi connectivity index (χ0) is 10.6. The van der Waals surface area contributed by atoms with Crippen molar-refractivity contribution < 1.29 is 9.53 Å². The lowest BCUT2D eigenvalue weighted by Crippen LogP contribution is -2.08. The van der Waals surface area contributed by atoms with Gasteiger partial charge in [-0.3, -0.25) is 0 Å². The van der Waals surface area contributed by atoms with Gasteiger partial charge in [0.25, 0.3) is 0 Å². The monoisotopic (exact) mass is 230 g/mol. The third-order valence-corrected chi connectivity index (χ3v) is 2.16. The predicted octanol–water partition coefficient (Wildman–Crippen LogP) is 3.30. The molecule has 0 aliphatic carbocycles. The molecule has 0 aliphatic rings. The number of halogens is 2. The highest BCUT2D eigenvalue weighted by Gasteiger charge is 2.11. The van der Waals surface area contributed by atoms with Crippen LogP contribution in [0.5, 0.6) is 5.75 Å². The number of rotatable bonds is 2. The summed E-state index contributed by atoms with van der Waals surface area (Å²) in [6.45, 7) is 1.52. The number of esters is 1. The topological polar surface area (TPSA) is 26.3 Å². The summed E-state index contributed by atoms with van der Waals surface area (Å²) in [4.78, 5) is 11.3. The van der Waals surface area contributed by atoms with E-state index in [0.29, 0.717) is 5.75 Å². The molecule has 0 spiro atoms. The summed E-state index contributed by atoms with van der Waals surface area (Å²) in [5.74, 6) is -0.209. The number of ether oxygens (including phenoxy) is 1. The number of carbonyl (C=O) groups is 1. The summed E-state index contributed by atoms with van der Waals surface area (Å²) in [7, 11) is 0. The molecular formula is C10H8Cl2O2. The first-order chi connectivity index (χ1) is 6.61. The summed E-state index contributed by atoms with van der Waals surface area (Å²) in [5, 5.41) is 0.114. The molecule has 74 valence electrons. The average molecular weight is 231 g/mol. The van der Waals surface area contributed by atoms with Crippen molar-refractivity contribution >= 4 is 29.2 Å². The molecule has 0 aliphatic heterocycles. The van der Waals surface area contributed by atoms with Crippen molar-refractivity contribution in [3.05, 3.63) is 40.4 Å². The third kappa shape index (κ3) is 3.05. The Morgan fingerprint density at radius 3 is 2.29 bits per heavy atom. The second-order valence-corrected chi connectivity index (χ2v) is 3.49. The molecule has 14 heavy (non-hydrogen) atoms.